The van der Waals surface area contributed by atoms with E-state index in [1.165, 1.54) is 12.5 Å². The number of nitrogens with zero attached hydrogens (tertiary/aromatic N) is 1. The maximum absolute atomic E-state index is 13.9. The van der Waals surface area contributed by atoms with Crippen LogP contribution in [0.3, 0.4) is 0 Å². The molecule has 0 amide bonds. The van der Waals surface area contributed by atoms with E-state index in [0.29, 0.717) is 17.7 Å². The predicted molar refractivity (Wildman–Crippen MR) is 75.9 cm³/mol. The highest BCUT2D eigenvalue weighted by Gasteiger charge is 2.33. The molecule has 2 unspecified atom stereocenters. The van der Waals surface area contributed by atoms with Gasteiger partial charge in [0.05, 0.1) is 0 Å². The van der Waals surface area contributed by atoms with E-state index in [4.69, 9.17) is 18.0 Å². The average Bonchev–Trinajstić information content (AvgIpc) is 2.96. The Morgan fingerprint density at radius 1 is 1.56 bits per heavy atom. The lowest BCUT2D eigenvalue weighted by atomic mass is 10.1. The van der Waals surface area contributed by atoms with Crippen molar-refractivity contribution in [2.75, 3.05) is 13.6 Å². The molecule has 2 N–H and O–H groups in total. The topological polar surface area (TPSA) is 29.3 Å². The summed E-state index contributed by atoms with van der Waals surface area (Å²) in [6, 6.07) is 4.98. The summed E-state index contributed by atoms with van der Waals surface area (Å²) in [5.74, 6) is 1.39. The number of nitrogens with two attached hydrogens (primary N) is 1. The smallest absolute Gasteiger partial charge is 0.128 e. The standard InChI is InChI=1S/C14H19FN2S/c1-9-5-12(9)8-17(2)7-11-4-3-10(14(16)18)6-13(11)15/h3-4,6,9,12H,5,7-8H2,1-2H3,(H2,16,18). The average molecular weight is 266 g/mol. The van der Waals surface area contributed by atoms with E-state index in [9.17, 15) is 4.39 Å². The van der Waals surface area contributed by atoms with Gasteiger partial charge in [0.2, 0.25) is 0 Å². The van der Waals surface area contributed by atoms with E-state index in [1.54, 1.807) is 12.1 Å². The van der Waals surface area contributed by atoms with Crippen LogP contribution in [0.2, 0.25) is 0 Å². The fourth-order valence-electron chi connectivity index (χ4n) is 2.24. The van der Waals surface area contributed by atoms with Crippen LogP contribution in [-0.4, -0.2) is 23.5 Å². The van der Waals surface area contributed by atoms with E-state index in [-0.39, 0.29) is 10.8 Å². The Morgan fingerprint density at radius 2 is 2.22 bits per heavy atom. The van der Waals surface area contributed by atoms with Crippen molar-refractivity contribution >= 4 is 17.2 Å². The SMILES string of the molecule is CC1CC1CN(C)Cc1ccc(C(N)=S)cc1F. The molecule has 1 saturated carbocycles. The molecule has 2 atom stereocenters. The van der Waals surface area contributed by atoms with E-state index >= 15 is 0 Å². The molecule has 0 spiro atoms. The maximum Gasteiger partial charge on any atom is 0.128 e. The molecule has 0 radical (unpaired) electrons. The van der Waals surface area contributed by atoms with Crippen molar-refractivity contribution in [3.05, 3.63) is 35.1 Å². The largest absolute Gasteiger partial charge is 0.389 e. The minimum absolute atomic E-state index is 0.226. The summed E-state index contributed by atoms with van der Waals surface area (Å²) in [5.41, 5.74) is 6.77. The lowest BCUT2D eigenvalue weighted by Crippen LogP contribution is -2.21. The molecule has 0 saturated heterocycles. The molecule has 18 heavy (non-hydrogen) atoms. The zero-order valence-corrected chi connectivity index (χ0v) is 11.6. The minimum atomic E-state index is -0.226. The Balaban J connectivity index is 1.98. The molecule has 4 heteroatoms. The quantitative estimate of drug-likeness (QED) is 0.831. The maximum atomic E-state index is 13.9. The van der Waals surface area contributed by atoms with Gasteiger partial charge < -0.3 is 10.6 Å². The summed E-state index contributed by atoms with van der Waals surface area (Å²) in [7, 11) is 2.03. The summed E-state index contributed by atoms with van der Waals surface area (Å²) in [4.78, 5) is 2.41. The molecule has 1 aliphatic rings. The summed E-state index contributed by atoms with van der Waals surface area (Å²) in [6.07, 6.45) is 1.30. The monoisotopic (exact) mass is 266 g/mol. The van der Waals surface area contributed by atoms with E-state index in [0.717, 1.165) is 18.4 Å². The third-order valence-corrected chi connectivity index (χ3v) is 3.84. The molecule has 1 aromatic carbocycles. The van der Waals surface area contributed by atoms with Gasteiger partial charge in [0.1, 0.15) is 10.8 Å². The predicted octanol–water partition coefficient (Wildman–Crippen LogP) is 2.55. The van der Waals surface area contributed by atoms with Gasteiger partial charge in [-0.2, -0.15) is 0 Å². The summed E-state index contributed by atoms with van der Waals surface area (Å²) in [6.45, 7) is 3.93. The fraction of sp³-hybridized carbons (Fsp3) is 0.500. The zero-order chi connectivity index (χ0) is 13.3. The van der Waals surface area contributed by atoms with Gasteiger partial charge in [-0.15, -0.1) is 0 Å². The Kier molecular flexibility index (Phi) is 3.97. The molecule has 1 fully saturated rings. The first kappa shape index (κ1) is 13.4. The first-order chi connectivity index (χ1) is 8.47. The number of halogens is 1. The molecule has 1 aliphatic carbocycles. The number of benzene rings is 1. The van der Waals surface area contributed by atoms with Crippen molar-refractivity contribution in [2.45, 2.75) is 19.9 Å². The second-order valence-electron chi connectivity index (χ2n) is 5.34. The first-order valence-corrected chi connectivity index (χ1v) is 6.65. The molecule has 2 rings (SSSR count). The molecule has 2 nitrogen and oxygen atoms in total. The first-order valence-electron chi connectivity index (χ1n) is 6.24. The van der Waals surface area contributed by atoms with E-state index < -0.39 is 0 Å². The van der Waals surface area contributed by atoms with Crippen LogP contribution in [0.25, 0.3) is 0 Å². The lowest BCUT2D eigenvalue weighted by molar-refractivity contribution is 0.303. The lowest BCUT2D eigenvalue weighted by Gasteiger charge is -2.17. The third-order valence-electron chi connectivity index (χ3n) is 3.60. The van der Waals surface area contributed by atoms with Crippen LogP contribution in [0.4, 0.5) is 4.39 Å². The van der Waals surface area contributed by atoms with Crippen molar-refractivity contribution in [3.63, 3.8) is 0 Å². The fourth-order valence-corrected chi connectivity index (χ4v) is 2.36. The number of hydrogen-bond donors (Lipinski definition) is 1. The van der Waals surface area contributed by atoms with Crippen LogP contribution in [0, 0.1) is 17.7 Å². The van der Waals surface area contributed by atoms with E-state index in [1.807, 2.05) is 7.05 Å². The molecule has 0 heterocycles. The van der Waals surface area contributed by atoms with Crippen LogP contribution in [0.1, 0.15) is 24.5 Å². The van der Waals surface area contributed by atoms with Crippen LogP contribution >= 0.6 is 12.2 Å². The second-order valence-corrected chi connectivity index (χ2v) is 5.78. The molecule has 0 bridgehead atoms. The van der Waals surface area contributed by atoms with Gasteiger partial charge in [-0.05, 0) is 31.4 Å². The highest BCUT2D eigenvalue weighted by atomic mass is 32.1. The van der Waals surface area contributed by atoms with Crippen LogP contribution in [0.15, 0.2) is 18.2 Å². The molecule has 98 valence electrons. The molecule has 0 aromatic heterocycles. The van der Waals surface area contributed by atoms with Gasteiger partial charge in [-0.1, -0.05) is 31.3 Å². The highest BCUT2D eigenvalue weighted by Crippen LogP contribution is 2.38. The van der Waals surface area contributed by atoms with Gasteiger partial charge in [0.15, 0.2) is 0 Å². The number of rotatable bonds is 5. The van der Waals surface area contributed by atoms with Gasteiger partial charge in [-0.25, -0.2) is 4.39 Å². The summed E-state index contributed by atoms with van der Waals surface area (Å²) in [5, 5.41) is 0. The van der Waals surface area contributed by atoms with Gasteiger partial charge in [0.25, 0.3) is 0 Å². The summed E-state index contributed by atoms with van der Waals surface area (Å²) >= 11 is 4.83. The van der Waals surface area contributed by atoms with Crippen molar-refractivity contribution in [1.82, 2.24) is 4.90 Å². The van der Waals surface area contributed by atoms with Crippen molar-refractivity contribution in [1.29, 1.82) is 0 Å². The Labute approximate surface area is 113 Å². The highest BCUT2D eigenvalue weighted by molar-refractivity contribution is 7.80. The Morgan fingerprint density at radius 3 is 2.72 bits per heavy atom. The van der Waals surface area contributed by atoms with Crippen molar-refractivity contribution in [2.24, 2.45) is 17.6 Å². The zero-order valence-electron chi connectivity index (χ0n) is 10.8. The van der Waals surface area contributed by atoms with Crippen LogP contribution in [-0.2, 0) is 6.54 Å². The Hall–Kier alpha value is -1.00. The van der Waals surface area contributed by atoms with Crippen molar-refractivity contribution in [3.8, 4) is 0 Å². The second kappa shape index (κ2) is 5.33. The van der Waals surface area contributed by atoms with Crippen molar-refractivity contribution < 1.29 is 4.39 Å². The van der Waals surface area contributed by atoms with Gasteiger partial charge >= 0.3 is 0 Å². The van der Waals surface area contributed by atoms with E-state index in [2.05, 4.69) is 11.8 Å². The number of hydrogen-bond acceptors (Lipinski definition) is 2. The van der Waals surface area contributed by atoms with Gasteiger partial charge in [-0.3, -0.25) is 0 Å². The van der Waals surface area contributed by atoms with Crippen LogP contribution in [0.5, 0.6) is 0 Å². The third kappa shape index (κ3) is 3.27. The van der Waals surface area contributed by atoms with Crippen LogP contribution < -0.4 is 5.73 Å². The molecular formula is C14H19FN2S. The Bertz CT molecular complexity index is 461. The molecule has 0 aliphatic heterocycles. The van der Waals surface area contributed by atoms with Gasteiger partial charge in [0, 0.05) is 24.2 Å². The minimum Gasteiger partial charge on any atom is -0.389 e. The summed E-state index contributed by atoms with van der Waals surface area (Å²) < 4.78 is 13.9. The molecule has 1 aromatic rings. The normalized spacial score (nSPS) is 22.2. The molecular weight excluding hydrogens is 247 g/mol. The number of thiocarbonyl (C=S) groups is 1.